The van der Waals surface area contributed by atoms with Crippen molar-refractivity contribution in [1.29, 1.82) is 5.26 Å². The van der Waals surface area contributed by atoms with Gasteiger partial charge in [0.05, 0.1) is 5.60 Å². The fourth-order valence-electron chi connectivity index (χ4n) is 3.93. The topological polar surface area (TPSA) is 45.0 Å². The second-order valence-corrected chi connectivity index (χ2v) is 7.44. The molecule has 2 heterocycles. The Morgan fingerprint density at radius 1 is 1.22 bits per heavy atom. The van der Waals surface area contributed by atoms with Gasteiger partial charge in [0.1, 0.15) is 17.2 Å². The van der Waals surface area contributed by atoms with Gasteiger partial charge in [-0.25, -0.2) is 0 Å². The van der Waals surface area contributed by atoms with E-state index in [9.17, 15) is 0 Å². The average molecular weight is 324 g/mol. The van der Waals surface area contributed by atoms with Gasteiger partial charge < -0.3 is 10.1 Å². The van der Waals surface area contributed by atoms with E-state index < -0.39 is 0 Å². The molecule has 0 radical (unpaired) electrons. The molecule has 1 fully saturated rings. The van der Waals surface area contributed by atoms with E-state index in [0.29, 0.717) is 0 Å². The van der Waals surface area contributed by atoms with Gasteiger partial charge >= 0.3 is 0 Å². The largest absolute Gasteiger partial charge is 0.360 e. The molecule has 1 N–H and O–H groups in total. The van der Waals surface area contributed by atoms with Crippen molar-refractivity contribution in [2.24, 2.45) is 0 Å². The number of thiophene rings is 1. The molecule has 2 aromatic rings. The summed E-state index contributed by atoms with van der Waals surface area (Å²) in [5.41, 5.74) is 4.65. The number of nitriles is 1. The first kappa shape index (κ1) is 14.7. The molecule has 1 spiro atoms. The molecule has 4 heteroatoms. The van der Waals surface area contributed by atoms with E-state index in [1.807, 2.05) is 6.07 Å². The van der Waals surface area contributed by atoms with Crippen molar-refractivity contribution in [2.75, 3.05) is 5.32 Å². The third kappa shape index (κ3) is 2.54. The number of nitrogens with one attached hydrogen (secondary N) is 1. The van der Waals surface area contributed by atoms with Gasteiger partial charge in [-0.05, 0) is 54.5 Å². The quantitative estimate of drug-likeness (QED) is 0.780. The molecule has 1 saturated carbocycles. The van der Waals surface area contributed by atoms with Gasteiger partial charge in [0.15, 0.2) is 0 Å². The van der Waals surface area contributed by atoms with E-state index >= 15 is 0 Å². The monoisotopic (exact) mass is 324 g/mol. The highest BCUT2D eigenvalue weighted by molar-refractivity contribution is 7.10. The maximum absolute atomic E-state index is 9.05. The van der Waals surface area contributed by atoms with Gasteiger partial charge in [-0.2, -0.15) is 5.26 Å². The minimum Gasteiger partial charge on any atom is -0.360 e. The summed E-state index contributed by atoms with van der Waals surface area (Å²) in [7, 11) is 0. The second-order valence-electron chi connectivity index (χ2n) is 6.53. The summed E-state index contributed by atoms with van der Waals surface area (Å²) in [5, 5.41) is 14.6. The molecule has 1 aliphatic carbocycles. The summed E-state index contributed by atoms with van der Waals surface area (Å²) in [6.45, 7) is 2.09. The van der Waals surface area contributed by atoms with Crippen molar-refractivity contribution < 1.29 is 4.74 Å². The number of hydrogen-bond acceptors (Lipinski definition) is 4. The zero-order valence-electron chi connectivity index (χ0n) is 13.3. The molecule has 4 rings (SSSR count). The number of benzene rings is 1. The van der Waals surface area contributed by atoms with Crippen LogP contribution in [-0.4, -0.2) is 6.23 Å². The van der Waals surface area contributed by atoms with Gasteiger partial charge in [-0.3, -0.25) is 0 Å². The van der Waals surface area contributed by atoms with Crippen molar-refractivity contribution in [2.45, 2.75) is 50.9 Å². The molecule has 0 amide bonds. The van der Waals surface area contributed by atoms with E-state index in [-0.39, 0.29) is 11.8 Å². The first-order valence-corrected chi connectivity index (χ1v) is 9.16. The summed E-state index contributed by atoms with van der Waals surface area (Å²) < 4.78 is 6.40. The van der Waals surface area contributed by atoms with Crippen LogP contribution < -0.4 is 5.32 Å². The molecule has 118 valence electrons. The Kier molecular flexibility index (Phi) is 3.63. The molecule has 23 heavy (non-hydrogen) atoms. The smallest absolute Gasteiger partial charge is 0.126 e. The molecule has 1 atom stereocenters. The maximum atomic E-state index is 9.05. The number of anilines is 1. The standard InChI is InChI=1S/C19H20N2OS/c1-13-21-18-6-5-14(15-9-16(11-20)23-12-15)10-17(18)19(22-13)7-3-2-4-8-19/h5-6,9-10,12-13,21H,2-4,7-8H2,1H3. The summed E-state index contributed by atoms with van der Waals surface area (Å²) >= 11 is 1.50. The average Bonchev–Trinajstić information content (AvgIpc) is 3.04. The fraction of sp³-hybridized carbons (Fsp3) is 0.421. The van der Waals surface area contributed by atoms with Crippen LogP contribution in [0.25, 0.3) is 11.1 Å². The highest BCUT2D eigenvalue weighted by atomic mass is 32.1. The van der Waals surface area contributed by atoms with Crippen LogP contribution in [0.15, 0.2) is 29.6 Å². The Balaban J connectivity index is 1.79. The Morgan fingerprint density at radius 2 is 2.04 bits per heavy atom. The van der Waals surface area contributed by atoms with Gasteiger partial charge in [-0.15, -0.1) is 11.3 Å². The molecule has 1 aromatic carbocycles. The molecule has 1 aromatic heterocycles. The van der Waals surface area contributed by atoms with Gasteiger partial charge in [0.2, 0.25) is 0 Å². The maximum Gasteiger partial charge on any atom is 0.126 e. The van der Waals surface area contributed by atoms with E-state index in [1.54, 1.807) is 0 Å². The normalized spacial score (nSPS) is 22.2. The van der Waals surface area contributed by atoms with Crippen molar-refractivity contribution in [3.05, 3.63) is 40.1 Å². The first-order chi connectivity index (χ1) is 11.2. The molecular formula is C19H20N2OS. The number of rotatable bonds is 1. The number of ether oxygens (including phenoxy) is 1. The zero-order valence-corrected chi connectivity index (χ0v) is 14.1. The van der Waals surface area contributed by atoms with Crippen LogP contribution in [0.4, 0.5) is 5.69 Å². The van der Waals surface area contributed by atoms with Crippen LogP contribution in [-0.2, 0) is 10.3 Å². The highest BCUT2D eigenvalue weighted by Gasteiger charge is 2.41. The van der Waals surface area contributed by atoms with Crippen LogP contribution in [0.3, 0.4) is 0 Å². The predicted molar refractivity (Wildman–Crippen MR) is 93.4 cm³/mol. The van der Waals surface area contributed by atoms with Gasteiger partial charge in [-0.1, -0.05) is 25.3 Å². The molecule has 0 saturated heterocycles. The van der Waals surface area contributed by atoms with Gasteiger partial charge in [0, 0.05) is 11.3 Å². The predicted octanol–water partition coefficient (Wildman–Crippen LogP) is 5.23. The molecule has 1 aliphatic heterocycles. The Bertz CT molecular complexity index is 768. The number of hydrogen-bond donors (Lipinski definition) is 1. The van der Waals surface area contributed by atoms with E-state index in [2.05, 4.69) is 41.9 Å². The number of nitrogens with zero attached hydrogens (tertiary/aromatic N) is 1. The molecule has 0 bridgehead atoms. The summed E-state index contributed by atoms with van der Waals surface area (Å²) in [6, 6.07) is 10.8. The van der Waals surface area contributed by atoms with Crippen LogP contribution in [0.1, 0.15) is 49.5 Å². The molecular weight excluding hydrogens is 304 g/mol. The van der Waals surface area contributed by atoms with Crippen molar-refractivity contribution >= 4 is 17.0 Å². The Hall–Kier alpha value is -1.83. The van der Waals surface area contributed by atoms with Crippen LogP contribution in [0.5, 0.6) is 0 Å². The van der Waals surface area contributed by atoms with Crippen LogP contribution >= 0.6 is 11.3 Å². The Morgan fingerprint density at radius 3 is 2.78 bits per heavy atom. The summed E-state index contributed by atoms with van der Waals surface area (Å²) in [5.74, 6) is 0. The van der Waals surface area contributed by atoms with Gasteiger partial charge in [0.25, 0.3) is 0 Å². The highest BCUT2D eigenvalue weighted by Crippen LogP contribution is 2.48. The fourth-order valence-corrected chi connectivity index (χ4v) is 4.64. The molecule has 3 nitrogen and oxygen atoms in total. The van der Waals surface area contributed by atoms with E-state index in [4.69, 9.17) is 10.00 Å². The summed E-state index contributed by atoms with van der Waals surface area (Å²) in [4.78, 5) is 0.757. The third-order valence-corrected chi connectivity index (χ3v) is 5.81. The zero-order chi connectivity index (χ0) is 15.9. The van der Waals surface area contributed by atoms with E-state index in [0.717, 1.165) is 23.3 Å². The SMILES string of the molecule is CC1Nc2ccc(-c3csc(C#N)c3)cc2C2(CCCCC2)O1. The van der Waals surface area contributed by atoms with Crippen LogP contribution in [0, 0.1) is 11.3 Å². The minimum atomic E-state index is -0.137. The number of fused-ring (bicyclic) bond motifs is 2. The minimum absolute atomic E-state index is 0.0535. The van der Waals surface area contributed by atoms with Crippen molar-refractivity contribution in [1.82, 2.24) is 0 Å². The van der Waals surface area contributed by atoms with Crippen molar-refractivity contribution in [3.63, 3.8) is 0 Å². The van der Waals surface area contributed by atoms with Crippen molar-refractivity contribution in [3.8, 4) is 17.2 Å². The summed E-state index contributed by atoms with van der Waals surface area (Å²) in [6.07, 6.45) is 6.02. The second kappa shape index (κ2) is 5.67. The lowest BCUT2D eigenvalue weighted by atomic mass is 9.77. The van der Waals surface area contributed by atoms with Crippen LogP contribution in [0.2, 0.25) is 0 Å². The lowest BCUT2D eigenvalue weighted by molar-refractivity contribution is -0.110. The lowest BCUT2D eigenvalue weighted by Gasteiger charge is -2.45. The molecule has 2 aliphatic rings. The Labute approximate surface area is 140 Å². The third-order valence-electron chi connectivity index (χ3n) is 4.98. The first-order valence-electron chi connectivity index (χ1n) is 8.28. The molecule has 1 unspecified atom stereocenters. The van der Waals surface area contributed by atoms with E-state index in [1.165, 1.54) is 47.4 Å². The lowest BCUT2D eigenvalue weighted by Crippen LogP contribution is -2.42.